The summed E-state index contributed by atoms with van der Waals surface area (Å²) in [6, 6.07) is 12.4. The lowest BCUT2D eigenvalue weighted by Crippen LogP contribution is -2.31. The van der Waals surface area contributed by atoms with Crippen molar-refractivity contribution in [2.24, 2.45) is 0 Å². The molecule has 0 atom stereocenters. The number of anilines is 1. The molecule has 0 unspecified atom stereocenters. The Morgan fingerprint density at radius 1 is 1.10 bits per heavy atom. The first-order valence-electron chi connectivity index (χ1n) is 6.97. The van der Waals surface area contributed by atoms with Gasteiger partial charge in [-0.1, -0.05) is 29.8 Å². The topological polar surface area (TPSA) is 43.7 Å². The molecule has 2 aromatic rings. The molecule has 0 fully saturated rings. The molecule has 0 radical (unpaired) electrons. The van der Waals surface area contributed by atoms with Gasteiger partial charge in [0.15, 0.2) is 0 Å². The maximum Gasteiger partial charge on any atom is 0.488 e. The van der Waals surface area contributed by atoms with Gasteiger partial charge in [-0.2, -0.15) is 0 Å². The molecule has 0 aromatic heterocycles. The van der Waals surface area contributed by atoms with E-state index in [9.17, 15) is 4.39 Å². The average Bonchev–Trinajstić information content (AvgIpc) is 2.47. The van der Waals surface area contributed by atoms with Gasteiger partial charge in [0.1, 0.15) is 5.82 Å². The fourth-order valence-electron chi connectivity index (χ4n) is 2.20. The lowest BCUT2D eigenvalue weighted by Gasteiger charge is -2.23. The summed E-state index contributed by atoms with van der Waals surface area (Å²) in [5, 5.41) is 18.1. The molecule has 0 aliphatic heterocycles. The number of nitrogens with zero attached hydrogens (tertiary/aromatic N) is 1. The van der Waals surface area contributed by atoms with E-state index in [0.29, 0.717) is 12.1 Å². The highest BCUT2D eigenvalue weighted by Gasteiger charge is 2.15. The minimum atomic E-state index is -1.65. The first-order chi connectivity index (χ1) is 10.0. The third kappa shape index (κ3) is 3.83. The van der Waals surface area contributed by atoms with Crippen molar-refractivity contribution in [1.29, 1.82) is 0 Å². The highest BCUT2D eigenvalue weighted by molar-refractivity contribution is 6.58. The number of hydrogen-bond donors (Lipinski definition) is 2. The standard InChI is InChI=1S/C16H19BFNO2/c1-3-19(15-8-4-12(2)5-9-15)11-13-6-7-14(17(20)21)10-16(13)18/h4-10,20-21H,3,11H2,1-2H3. The van der Waals surface area contributed by atoms with Crippen molar-refractivity contribution in [3.8, 4) is 0 Å². The molecular formula is C16H19BFNO2. The van der Waals surface area contributed by atoms with Crippen molar-refractivity contribution in [2.45, 2.75) is 20.4 Å². The van der Waals surface area contributed by atoms with Gasteiger partial charge in [0.05, 0.1) is 0 Å². The summed E-state index contributed by atoms with van der Waals surface area (Å²) in [6.07, 6.45) is 0. The Kier molecular flexibility index (Phi) is 4.99. The highest BCUT2D eigenvalue weighted by atomic mass is 19.1. The van der Waals surface area contributed by atoms with Crippen LogP contribution in [0.1, 0.15) is 18.1 Å². The Bertz CT molecular complexity index is 602. The smallest absolute Gasteiger partial charge is 0.423 e. The van der Waals surface area contributed by atoms with E-state index >= 15 is 0 Å². The van der Waals surface area contributed by atoms with Crippen molar-refractivity contribution in [3.05, 3.63) is 59.4 Å². The average molecular weight is 287 g/mol. The third-order valence-corrected chi connectivity index (χ3v) is 3.52. The number of aryl methyl sites for hydroxylation is 1. The van der Waals surface area contributed by atoms with Crippen molar-refractivity contribution < 1.29 is 14.4 Å². The highest BCUT2D eigenvalue weighted by Crippen LogP contribution is 2.18. The molecular weight excluding hydrogens is 268 g/mol. The molecule has 0 saturated heterocycles. The van der Waals surface area contributed by atoms with Crippen LogP contribution in [0.4, 0.5) is 10.1 Å². The van der Waals surface area contributed by atoms with Gasteiger partial charge < -0.3 is 14.9 Å². The molecule has 0 heterocycles. The zero-order valence-electron chi connectivity index (χ0n) is 12.3. The van der Waals surface area contributed by atoms with Crippen LogP contribution in [0.15, 0.2) is 42.5 Å². The van der Waals surface area contributed by atoms with Crippen LogP contribution in [-0.4, -0.2) is 23.7 Å². The predicted octanol–water partition coefficient (Wildman–Crippen LogP) is 1.84. The first-order valence-corrected chi connectivity index (χ1v) is 6.97. The zero-order chi connectivity index (χ0) is 15.4. The summed E-state index contributed by atoms with van der Waals surface area (Å²) < 4.78 is 14.0. The largest absolute Gasteiger partial charge is 0.488 e. The van der Waals surface area contributed by atoms with E-state index in [4.69, 9.17) is 10.0 Å². The van der Waals surface area contributed by atoms with Gasteiger partial charge in [-0.3, -0.25) is 0 Å². The van der Waals surface area contributed by atoms with E-state index in [2.05, 4.69) is 4.90 Å². The third-order valence-electron chi connectivity index (χ3n) is 3.52. The maximum absolute atomic E-state index is 14.0. The number of halogens is 1. The summed E-state index contributed by atoms with van der Waals surface area (Å²) >= 11 is 0. The van der Waals surface area contributed by atoms with Crippen LogP contribution >= 0.6 is 0 Å². The normalized spacial score (nSPS) is 10.5. The van der Waals surface area contributed by atoms with Crippen LogP contribution in [-0.2, 0) is 6.54 Å². The molecule has 0 bridgehead atoms. The maximum atomic E-state index is 14.0. The van der Waals surface area contributed by atoms with Gasteiger partial charge >= 0.3 is 7.12 Å². The van der Waals surface area contributed by atoms with Gasteiger partial charge in [0.2, 0.25) is 0 Å². The summed E-state index contributed by atoms with van der Waals surface area (Å²) in [4.78, 5) is 2.06. The molecule has 2 N–H and O–H groups in total. The lowest BCUT2D eigenvalue weighted by atomic mass is 9.80. The minimum absolute atomic E-state index is 0.162. The van der Waals surface area contributed by atoms with Crippen molar-refractivity contribution in [1.82, 2.24) is 0 Å². The Labute approximate surface area is 124 Å². The van der Waals surface area contributed by atoms with Gasteiger partial charge in [-0.05, 0) is 37.5 Å². The molecule has 2 rings (SSSR count). The molecule has 0 spiro atoms. The van der Waals surface area contributed by atoms with Crippen LogP contribution in [0.5, 0.6) is 0 Å². The summed E-state index contributed by atoms with van der Waals surface area (Å²) in [6.45, 7) is 5.24. The zero-order valence-corrected chi connectivity index (χ0v) is 12.3. The molecule has 0 aliphatic carbocycles. The van der Waals surface area contributed by atoms with E-state index in [0.717, 1.165) is 12.2 Å². The van der Waals surface area contributed by atoms with Crippen molar-refractivity contribution in [3.63, 3.8) is 0 Å². The lowest BCUT2D eigenvalue weighted by molar-refractivity contribution is 0.425. The molecule has 0 saturated carbocycles. The van der Waals surface area contributed by atoms with E-state index in [-0.39, 0.29) is 5.46 Å². The summed E-state index contributed by atoms with van der Waals surface area (Å²) in [5.41, 5.74) is 2.91. The van der Waals surface area contributed by atoms with Crippen LogP contribution < -0.4 is 10.4 Å². The molecule has 2 aromatic carbocycles. The monoisotopic (exact) mass is 287 g/mol. The fourth-order valence-corrected chi connectivity index (χ4v) is 2.20. The van der Waals surface area contributed by atoms with Gasteiger partial charge in [-0.15, -0.1) is 0 Å². The Hall–Kier alpha value is -1.85. The fraction of sp³-hybridized carbons (Fsp3) is 0.250. The number of rotatable bonds is 5. The van der Waals surface area contributed by atoms with E-state index in [1.165, 1.54) is 17.7 Å². The van der Waals surface area contributed by atoms with Gasteiger partial charge in [0.25, 0.3) is 0 Å². The molecule has 0 amide bonds. The second kappa shape index (κ2) is 6.74. The Balaban J connectivity index is 2.20. The molecule has 3 nitrogen and oxygen atoms in total. The molecule has 21 heavy (non-hydrogen) atoms. The number of hydrogen-bond acceptors (Lipinski definition) is 3. The van der Waals surface area contributed by atoms with Crippen LogP contribution in [0.3, 0.4) is 0 Å². The SMILES string of the molecule is CCN(Cc1ccc(B(O)O)cc1F)c1ccc(C)cc1. The second-order valence-electron chi connectivity index (χ2n) is 5.07. The van der Waals surface area contributed by atoms with Crippen LogP contribution in [0.2, 0.25) is 0 Å². The van der Waals surface area contributed by atoms with Crippen molar-refractivity contribution in [2.75, 3.05) is 11.4 Å². The second-order valence-corrected chi connectivity index (χ2v) is 5.07. The first kappa shape index (κ1) is 15.5. The Morgan fingerprint density at radius 2 is 1.76 bits per heavy atom. The minimum Gasteiger partial charge on any atom is -0.423 e. The molecule has 110 valence electrons. The van der Waals surface area contributed by atoms with E-state index in [1.54, 1.807) is 6.07 Å². The van der Waals surface area contributed by atoms with Crippen LogP contribution in [0.25, 0.3) is 0 Å². The number of benzene rings is 2. The molecule has 0 aliphatic rings. The Morgan fingerprint density at radius 3 is 2.29 bits per heavy atom. The summed E-state index contributed by atoms with van der Waals surface area (Å²) in [5.74, 6) is -0.425. The van der Waals surface area contributed by atoms with Gasteiger partial charge in [-0.25, -0.2) is 4.39 Å². The predicted molar refractivity (Wildman–Crippen MR) is 84.1 cm³/mol. The van der Waals surface area contributed by atoms with Gasteiger partial charge in [0, 0.05) is 24.3 Å². The molecule has 5 heteroatoms. The van der Waals surface area contributed by atoms with Crippen molar-refractivity contribution >= 4 is 18.3 Å². The quantitative estimate of drug-likeness (QED) is 0.825. The summed E-state index contributed by atoms with van der Waals surface area (Å²) in [7, 11) is -1.65. The van der Waals surface area contributed by atoms with E-state index in [1.807, 2.05) is 38.1 Å². The van der Waals surface area contributed by atoms with E-state index < -0.39 is 12.9 Å². The van der Waals surface area contributed by atoms with Crippen LogP contribution in [0, 0.1) is 12.7 Å².